The third-order valence-corrected chi connectivity index (χ3v) is 4.97. The molecular formula is C11H11ClF13NO2S. The van der Waals surface area contributed by atoms with Gasteiger partial charge in [0.1, 0.15) is 0 Å². The minimum absolute atomic E-state index is 0.0931. The first-order valence-electron chi connectivity index (χ1n) is 7.01. The summed E-state index contributed by atoms with van der Waals surface area (Å²) in [5.74, 6) is -39.9. The van der Waals surface area contributed by atoms with Gasteiger partial charge in [-0.2, -0.15) is 57.1 Å². The lowest BCUT2D eigenvalue weighted by Crippen LogP contribution is -2.70. The Hall–Kier alpha value is -0.710. The molecule has 0 saturated heterocycles. The molecule has 29 heavy (non-hydrogen) atoms. The minimum atomic E-state index is -8.01. The average molecular weight is 504 g/mol. The lowest BCUT2D eigenvalue weighted by Gasteiger charge is -2.39. The van der Waals surface area contributed by atoms with E-state index >= 15 is 0 Å². The normalized spacial score (nSPS) is 15.7. The summed E-state index contributed by atoms with van der Waals surface area (Å²) in [6, 6.07) is 0. The van der Waals surface area contributed by atoms with Gasteiger partial charge in [0.05, 0.1) is 5.75 Å². The quantitative estimate of drug-likeness (QED) is 0.253. The fraction of sp³-hybridized carbons (Fsp3) is 1.00. The van der Waals surface area contributed by atoms with E-state index in [-0.39, 0.29) is 12.3 Å². The van der Waals surface area contributed by atoms with Gasteiger partial charge in [0, 0.05) is 18.8 Å². The third-order valence-electron chi connectivity index (χ3n) is 3.32. The fourth-order valence-corrected chi connectivity index (χ4v) is 2.85. The third kappa shape index (κ3) is 5.32. The number of halogens is 14. The van der Waals surface area contributed by atoms with Crippen molar-refractivity contribution in [2.24, 2.45) is 0 Å². The van der Waals surface area contributed by atoms with Crippen LogP contribution < -0.4 is 4.72 Å². The van der Waals surface area contributed by atoms with Crippen molar-refractivity contribution in [3.05, 3.63) is 0 Å². The zero-order valence-corrected chi connectivity index (χ0v) is 15.1. The Bertz CT molecular complexity index is 662. The largest absolute Gasteiger partial charge is 0.460 e. The van der Waals surface area contributed by atoms with Gasteiger partial charge in [-0.15, -0.1) is 11.6 Å². The van der Waals surface area contributed by atoms with Crippen LogP contribution in [0, 0.1) is 0 Å². The monoisotopic (exact) mass is 503 g/mol. The summed E-state index contributed by atoms with van der Waals surface area (Å²) in [6.07, 6.45) is -10.4. The van der Waals surface area contributed by atoms with Crippen LogP contribution in [0.4, 0.5) is 57.1 Å². The summed E-state index contributed by atoms with van der Waals surface area (Å²) in [7, 11) is -4.86. The predicted molar refractivity (Wildman–Crippen MR) is 72.5 cm³/mol. The van der Waals surface area contributed by atoms with Crippen molar-refractivity contribution in [3.8, 4) is 0 Å². The lowest BCUT2D eigenvalue weighted by molar-refractivity contribution is -0.439. The Morgan fingerprint density at radius 3 is 1.48 bits per heavy atom. The van der Waals surface area contributed by atoms with E-state index in [1.54, 1.807) is 0 Å². The Kier molecular flexibility index (Phi) is 8.23. The smallest absolute Gasteiger partial charge is 0.215 e. The van der Waals surface area contributed by atoms with Gasteiger partial charge in [0.2, 0.25) is 10.0 Å². The standard InChI is InChI=1S/C11H11ClF13NO2S/c12-3-1-4-26-29(27,28)5-2-6(13,14)7(15,16)8(17,18)9(19,20)10(21,22)11(23,24)25/h26H,1-5H2. The Morgan fingerprint density at radius 2 is 1.10 bits per heavy atom. The van der Waals surface area contributed by atoms with E-state index in [0.717, 1.165) is 0 Å². The van der Waals surface area contributed by atoms with Crippen molar-refractivity contribution in [1.82, 2.24) is 4.72 Å². The summed E-state index contributed by atoms with van der Waals surface area (Å²) in [5.41, 5.74) is 0. The first-order chi connectivity index (χ1) is 12.5. The van der Waals surface area contributed by atoms with Crippen LogP contribution >= 0.6 is 11.6 Å². The Balaban J connectivity index is 5.82. The van der Waals surface area contributed by atoms with Crippen molar-refractivity contribution in [3.63, 3.8) is 0 Å². The summed E-state index contributed by atoms with van der Waals surface area (Å²) in [6.45, 7) is -0.514. The first-order valence-corrected chi connectivity index (χ1v) is 9.19. The van der Waals surface area contributed by atoms with Gasteiger partial charge in [-0.25, -0.2) is 13.1 Å². The molecule has 0 unspecified atom stereocenters. The van der Waals surface area contributed by atoms with Crippen molar-refractivity contribution < 1.29 is 65.5 Å². The van der Waals surface area contributed by atoms with Gasteiger partial charge < -0.3 is 0 Å². The van der Waals surface area contributed by atoms with Crippen LogP contribution in [-0.2, 0) is 10.0 Å². The summed E-state index contributed by atoms with van der Waals surface area (Å²) in [5, 5.41) is 0. The molecule has 0 amide bonds. The van der Waals surface area contributed by atoms with E-state index in [1.165, 1.54) is 4.72 Å². The number of rotatable bonds is 11. The molecule has 0 radical (unpaired) electrons. The van der Waals surface area contributed by atoms with Gasteiger partial charge in [-0.1, -0.05) is 0 Å². The molecule has 0 rings (SSSR count). The highest BCUT2D eigenvalue weighted by atomic mass is 35.5. The molecule has 18 heteroatoms. The van der Waals surface area contributed by atoms with Crippen LogP contribution in [0.3, 0.4) is 0 Å². The Labute approximate surface area is 159 Å². The number of alkyl halides is 14. The van der Waals surface area contributed by atoms with Crippen LogP contribution in [-0.4, -0.2) is 62.4 Å². The zero-order chi connectivity index (χ0) is 23.7. The molecule has 176 valence electrons. The molecule has 3 nitrogen and oxygen atoms in total. The molecule has 0 bridgehead atoms. The van der Waals surface area contributed by atoms with Gasteiger partial charge in [-0.05, 0) is 6.42 Å². The topological polar surface area (TPSA) is 46.2 Å². The van der Waals surface area contributed by atoms with Gasteiger partial charge in [-0.3, -0.25) is 0 Å². The van der Waals surface area contributed by atoms with Crippen molar-refractivity contribution in [2.75, 3.05) is 18.2 Å². The van der Waals surface area contributed by atoms with Crippen molar-refractivity contribution in [1.29, 1.82) is 0 Å². The molecular weight excluding hydrogens is 493 g/mol. The second-order valence-corrected chi connectivity index (χ2v) is 7.81. The number of hydrogen-bond donors (Lipinski definition) is 1. The molecule has 0 spiro atoms. The maximum atomic E-state index is 13.4. The van der Waals surface area contributed by atoms with E-state index in [2.05, 4.69) is 0 Å². The molecule has 0 saturated carbocycles. The van der Waals surface area contributed by atoms with Crippen LogP contribution in [0.25, 0.3) is 0 Å². The zero-order valence-electron chi connectivity index (χ0n) is 13.6. The second-order valence-electron chi connectivity index (χ2n) is 5.51. The Morgan fingerprint density at radius 1 is 0.690 bits per heavy atom. The molecule has 0 fully saturated rings. The minimum Gasteiger partial charge on any atom is -0.215 e. The molecule has 0 aliphatic heterocycles. The maximum absolute atomic E-state index is 13.4. The molecule has 0 aromatic heterocycles. The summed E-state index contributed by atoms with van der Waals surface area (Å²) in [4.78, 5) is 0. The summed E-state index contributed by atoms with van der Waals surface area (Å²) < 4.78 is 191. The molecule has 0 heterocycles. The summed E-state index contributed by atoms with van der Waals surface area (Å²) >= 11 is 5.15. The molecule has 0 aromatic carbocycles. The first kappa shape index (κ1) is 28.3. The van der Waals surface area contributed by atoms with Crippen LogP contribution in [0.15, 0.2) is 0 Å². The van der Waals surface area contributed by atoms with E-state index < -0.39 is 64.5 Å². The predicted octanol–water partition coefficient (Wildman–Crippen LogP) is 4.66. The number of nitrogens with one attached hydrogen (secondary N) is 1. The second kappa shape index (κ2) is 8.43. The van der Waals surface area contributed by atoms with E-state index in [4.69, 9.17) is 11.6 Å². The van der Waals surface area contributed by atoms with Crippen LogP contribution in [0.1, 0.15) is 12.8 Å². The van der Waals surface area contributed by atoms with Crippen LogP contribution in [0.5, 0.6) is 0 Å². The number of sulfonamides is 1. The molecule has 0 atom stereocenters. The lowest BCUT2D eigenvalue weighted by atomic mass is 9.93. The maximum Gasteiger partial charge on any atom is 0.460 e. The van der Waals surface area contributed by atoms with Gasteiger partial charge >= 0.3 is 35.8 Å². The van der Waals surface area contributed by atoms with Crippen LogP contribution in [0.2, 0.25) is 0 Å². The van der Waals surface area contributed by atoms with Gasteiger partial charge in [0.25, 0.3) is 0 Å². The van der Waals surface area contributed by atoms with E-state index in [0.29, 0.717) is 0 Å². The average Bonchev–Trinajstić information content (AvgIpc) is 2.51. The molecule has 0 aliphatic rings. The molecule has 0 aromatic rings. The van der Waals surface area contributed by atoms with E-state index in [1.807, 2.05) is 0 Å². The fourth-order valence-electron chi connectivity index (χ4n) is 1.59. The highest BCUT2D eigenvalue weighted by Crippen LogP contribution is 2.60. The highest BCUT2D eigenvalue weighted by molar-refractivity contribution is 7.89. The van der Waals surface area contributed by atoms with E-state index in [9.17, 15) is 65.5 Å². The molecule has 1 N–H and O–H groups in total. The van der Waals surface area contributed by atoms with Crippen molar-refractivity contribution >= 4 is 21.6 Å². The number of hydrogen-bond acceptors (Lipinski definition) is 2. The molecule has 0 aliphatic carbocycles. The van der Waals surface area contributed by atoms with Crippen molar-refractivity contribution in [2.45, 2.75) is 48.6 Å². The highest BCUT2D eigenvalue weighted by Gasteiger charge is 2.90. The SMILES string of the molecule is O=S(=O)(CCC(F)(F)C(F)(F)C(F)(F)C(F)(F)C(F)(F)C(F)(F)F)NCCCCl. The van der Waals surface area contributed by atoms with Gasteiger partial charge in [0.15, 0.2) is 0 Å².